The number of aliphatic hydroxyl groups is 10. The first kappa shape index (κ1) is 51.6. The molecule has 7 fully saturated rings. The highest BCUT2D eigenvalue weighted by Gasteiger charge is 2.72. The van der Waals surface area contributed by atoms with Gasteiger partial charge in [-0.2, -0.15) is 0 Å². The molecule has 67 heavy (non-hydrogen) atoms. The van der Waals surface area contributed by atoms with Crippen molar-refractivity contribution in [2.24, 2.45) is 50.2 Å². The Balaban J connectivity index is 1.12. The van der Waals surface area contributed by atoms with Crippen molar-refractivity contribution in [1.82, 2.24) is 0 Å². The molecule has 0 aromatic rings. The third-order valence-corrected chi connectivity index (χ3v) is 19.1. The second-order valence-corrected chi connectivity index (χ2v) is 23.0. The predicted octanol–water partition coefficient (Wildman–Crippen LogP) is -0.416. The van der Waals surface area contributed by atoms with Crippen LogP contribution in [-0.2, 0) is 42.7 Å². The van der Waals surface area contributed by atoms with Gasteiger partial charge in [-0.15, -0.1) is 0 Å². The van der Waals surface area contributed by atoms with Crippen LogP contribution in [0.5, 0.6) is 0 Å². The number of carbonyl (C=O) groups excluding carboxylic acids is 2. The van der Waals surface area contributed by atoms with E-state index in [1.54, 1.807) is 0 Å². The molecule has 24 atom stereocenters. The molecule has 0 aromatic carbocycles. The van der Waals surface area contributed by atoms with Crippen molar-refractivity contribution in [2.45, 2.75) is 198 Å². The number of esters is 1. The van der Waals surface area contributed by atoms with Crippen LogP contribution in [0.25, 0.3) is 0 Å². The lowest BCUT2D eigenvalue weighted by molar-refractivity contribution is -0.395. The monoisotopic (exact) mass is 956 g/mol. The Morgan fingerprint density at radius 1 is 0.716 bits per heavy atom. The smallest absolute Gasteiger partial charge is 0.315 e. The van der Waals surface area contributed by atoms with Crippen LogP contribution in [0.1, 0.15) is 99.3 Å². The van der Waals surface area contributed by atoms with Gasteiger partial charge in [-0.05, 0) is 97.2 Å². The van der Waals surface area contributed by atoms with Gasteiger partial charge in [0.25, 0.3) is 0 Å². The molecule has 24 unspecified atom stereocenters. The van der Waals surface area contributed by atoms with Crippen molar-refractivity contribution in [1.29, 1.82) is 0 Å². The molecule has 4 saturated carbocycles. The molecule has 3 saturated heterocycles. The van der Waals surface area contributed by atoms with E-state index in [1.807, 2.05) is 6.92 Å². The summed E-state index contributed by atoms with van der Waals surface area (Å²) in [5, 5.41) is 108. The van der Waals surface area contributed by atoms with Gasteiger partial charge in [0.1, 0.15) is 78.8 Å². The molecule has 8 rings (SSSR count). The molecule has 0 aromatic heterocycles. The molecule has 10 N–H and O–H groups in total. The molecule has 8 aliphatic rings. The van der Waals surface area contributed by atoms with Gasteiger partial charge >= 0.3 is 5.97 Å². The Morgan fingerprint density at radius 3 is 2.01 bits per heavy atom. The molecular weight excluding hydrogens is 881 g/mol. The lowest BCUT2D eigenvalue weighted by atomic mass is 9.33. The fraction of sp³-hybridized carbons (Fsp3) is 0.917. The van der Waals surface area contributed by atoms with Crippen molar-refractivity contribution >= 4 is 12.3 Å². The zero-order valence-corrected chi connectivity index (χ0v) is 39.8. The summed E-state index contributed by atoms with van der Waals surface area (Å²) in [5.74, 6) is -0.747. The topological polar surface area (TPSA) is 301 Å². The van der Waals surface area contributed by atoms with E-state index in [9.17, 15) is 60.7 Å². The van der Waals surface area contributed by atoms with Gasteiger partial charge in [0, 0.05) is 0 Å². The minimum atomic E-state index is -1.92. The standard InChI is InChI=1S/C48H76O19/c1-43(2)14-15-48(42(60)61-7)23(16-43)22-8-9-28-44(3)12-11-30(45(4,21-51)27(44)10-13-46(28,5)47(22,6)17-29(48)53)65-41-38(67-40-36(59)34(57)32(55)25(18-49)63-40)37(33(56)26(19-50)64-41)66-39-35(58)31(54)24(52)20-62-39/h8,21,23-41,49-50,52-59H,9-20H2,1-7H3. The summed E-state index contributed by atoms with van der Waals surface area (Å²) in [4.78, 5) is 27.7. The summed E-state index contributed by atoms with van der Waals surface area (Å²) in [7, 11) is 1.40. The fourth-order valence-corrected chi connectivity index (χ4v) is 15.0. The van der Waals surface area contributed by atoms with Crippen molar-refractivity contribution in [2.75, 3.05) is 26.9 Å². The van der Waals surface area contributed by atoms with E-state index in [4.69, 9.17) is 33.2 Å². The van der Waals surface area contributed by atoms with Crippen LogP contribution in [0.15, 0.2) is 11.6 Å². The Labute approximate surface area is 391 Å². The number of methoxy groups -OCH3 is 1. The van der Waals surface area contributed by atoms with Crippen LogP contribution in [-0.4, -0.2) is 188 Å². The lowest BCUT2D eigenvalue weighted by Gasteiger charge is -2.71. The van der Waals surface area contributed by atoms with Crippen molar-refractivity contribution in [3.63, 3.8) is 0 Å². The largest absolute Gasteiger partial charge is 0.468 e. The quantitative estimate of drug-likeness (QED) is 0.0576. The van der Waals surface area contributed by atoms with E-state index < -0.39 is 140 Å². The molecule has 3 aliphatic heterocycles. The number of aliphatic hydroxyl groups excluding tert-OH is 10. The average molecular weight is 957 g/mol. The first-order valence-electron chi connectivity index (χ1n) is 24.2. The fourth-order valence-electron chi connectivity index (χ4n) is 15.0. The number of allylic oxidation sites excluding steroid dienone is 2. The summed E-state index contributed by atoms with van der Waals surface area (Å²) < 4.78 is 42.0. The van der Waals surface area contributed by atoms with Gasteiger partial charge in [-0.1, -0.05) is 53.2 Å². The molecule has 382 valence electrons. The zero-order valence-electron chi connectivity index (χ0n) is 39.8. The third-order valence-electron chi connectivity index (χ3n) is 19.1. The van der Waals surface area contributed by atoms with Gasteiger partial charge in [0.05, 0.1) is 44.6 Å². The van der Waals surface area contributed by atoms with E-state index in [-0.39, 0.29) is 34.6 Å². The number of rotatable bonds is 10. The predicted molar refractivity (Wildman–Crippen MR) is 231 cm³/mol. The van der Waals surface area contributed by atoms with Crippen molar-refractivity contribution in [3.8, 4) is 0 Å². The minimum Gasteiger partial charge on any atom is -0.468 e. The Hall–Kier alpha value is -1.76. The number of carbonyl (C=O) groups is 2. The molecule has 19 heteroatoms. The van der Waals surface area contributed by atoms with Crippen LogP contribution in [0.2, 0.25) is 0 Å². The maximum Gasteiger partial charge on any atom is 0.315 e. The van der Waals surface area contributed by atoms with Crippen LogP contribution >= 0.6 is 0 Å². The molecule has 3 heterocycles. The van der Waals surface area contributed by atoms with Gasteiger partial charge in [0.2, 0.25) is 0 Å². The first-order valence-corrected chi connectivity index (χ1v) is 24.2. The van der Waals surface area contributed by atoms with Crippen LogP contribution in [0.3, 0.4) is 0 Å². The normalized spacial score (nSPS) is 54.0. The summed E-state index contributed by atoms with van der Waals surface area (Å²) in [5.41, 5.74) is -2.29. The third kappa shape index (κ3) is 7.92. The zero-order chi connectivity index (χ0) is 49.0. The van der Waals surface area contributed by atoms with Crippen LogP contribution in [0, 0.1) is 50.2 Å². The first-order chi connectivity index (χ1) is 31.4. The molecule has 0 bridgehead atoms. The van der Waals surface area contributed by atoms with Crippen LogP contribution < -0.4 is 0 Å². The minimum absolute atomic E-state index is 0.0497. The molecule has 5 aliphatic carbocycles. The summed E-state index contributed by atoms with van der Waals surface area (Å²) in [6.45, 7) is 11.1. The van der Waals surface area contributed by atoms with E-state index >= 15 is 0 Å². The maximum atomic E-state index is 13.9. The molecule has 0 amide bonds. The SMILES string of the molecule is COC(=O)C12CCC(C)(C)CC1C1=CCC3C4(C)CCC(OC5OC(CO)C(O)C(OC6OCC(O)C(O)C6O)C5OC5OC(CO)C(O)C(O)C5O)C(C)(C=O)C4CCC3(C)C1(C)CC2O. The Morgan fingerprint density at radius 2 is 1.36 bits per heavy atom. The molecule has 0 radical (unpaired) electrons. The Kier molecular flexibility index (Phi) is 14.1. The van der Waals surface area contributed by atoms with E-state index in [0.29, 0.717) is 44.9 Å². The van der Waals surface area contributed by atoms with Gasteiger partial charge in [-0.3, -0.25) is 4.79 Å². The highest BCUT2D eigenvalue weighted by Crippen LogP contribution is 2.76. The van der Waals surface area contributed by atoms with Gasteiger partial charge < -0.3 is 89.0 Å². The number of hydrogen-bond acceptors (Lipinski definition) is 19. The van der Waals surface area contributed by atoms with E-state index in [1.165, 1.54) is 12.7 Å². The average Bonchev–Trinajstić information content (AvgIpc) is 3.28. The molecule has 0 spiro atoms. The van der Waals surface area contributed by atoms with E-state index in [0.717, 1.165) is 19.1 Å². The highest BCUT2D eigenvalue weighted by atomic mass is 16.8. The molecule has 19 nitrogen and oxygen atoms in total. The maximum absolute atomic E-state index is 13.9. The number of aldehydes is 1. The summed E-state index contributed by atoms with van der Waals surface area (Å²) in [6, 6.07) is 0. The number of hydrogen-bond donors (Lipinski definition) is 10. The molecular formula is C48H76O19. The highest BCUT2D eigenvalue weighted by molar-refractivity contribution is 5.79. The van der Waals surface area contributed by atoms with Gasteiger partial charge in [0.15, 0.2) is 18.9 Å². The number of fused-ring (bicyclic) bond motifs is 7. The van der Waals surface area contributed by atoms with E-state index in [2.05, 4.69) is 40.7 Å². The Bertz CT molecular complexity index is 1850. The van der Waals surface area contributed by atoms with Crippen molar-refractivity contribution < 1.29 is 93.8 Å². The summed E-state index contributed by atoms with van der Waals surface area (Å²) in [6.07, 6.45) is -16.7. The van der Waals surface area contributed by atoms with Gasteiger partial charge in [-0.25, -0.2) is 0 Å². The summed E-state index contributed by atoms with van der Waals surface area (Å²) >= 11 is 0. The second-order valence-electron chi connectivity index (χ2n) is 23.0. The second kappa shape index (κ2) is 18.4. The lowest BCUT2D eigenvalue weighted by Crippen LogP contribution is -2.69. The van der Waals surface area contributed by atoms with Crippen LogP contribution in [0.4, 0.5) is 0 Å². The van der Waals surface area contributed by atoms with Crippen molar-refractivity contribution in [3.05, 3.63) is 11.6 Å². The number of ether oxygens (including phenoxy) is 7.